The average Bonchev–Trinajstić information content (AvgIpc) is 2.91. The van der Waals surface area contributed by atoms with E-state index in [0.717, 1.165) is 5.56 Å². The van der Waals surface area contributed by atoms with Gasteiger partial charge >= 0.3 is 12.0 Å². The molecule has 1 atom stereocenters. The first-order valence-corrected chi connectivity index (χ1v) is 13.6. The minimum Gasteiger partial charge on any atom is -0.458 e. The average molecular weight is 594 g/mol. The largest absolute Gasteiger partial charge is 0.458 e. The number of carbonyl (C=O) groups excluding carboxylic acids is 2. The fourth-order valence-corrected chi connectivity index (χ4v) is 4.28. The normalized spacial score (nSPS) is 11.8. The van der Waals surface area contributed by atoms with Crippen LogP contribution >= 0.6 is 23.2 Å². The SMILES string of the molecule is CC(C)(C)OC(=O)[C@H](Cc1ccccc1)N(C(N)=O)c1cc(Oc2ccc(Cl)cc2)ccc1Oc1ccc(Cl)cc1. The minimum atomic E-state index is -1.12. The maximum absolute atomic E-state index is 13.6. The van der Waals surface area contributed by atoms with Gasteiger partial charge in [0.05, 0.1) is 5.69 Å². The summed E-state index contributed by atoms with van der Waals surface area (Å²) in [4.78, 5) is 28.0. The summed E-state index contributed by atoms with van der Waals surface area (Å²) in [7, 11) is 0. The Balaban J connectivity index is 1.82. The third-order valence-electron chi connectivity index (χ3n) is 5.78. The highest BCUT2D eigenvalue weighted by molar-refractivity contribution is 6.30. The molecule has 7 nitrogen and oxygen atoms in total. The number of esters is 1. The molecule has 4 aromatic carbocycles. The van der Waals surface area contributed by atoms with Crippen LogP contribution in [0, 0.1) is 0 Å². The zero-order valence-electron chi connectivity index (χ0n) is 22.8. The zero-order valence-corrected chi connectivity index (χ0v) is 24.4. The van der Waals surface area contributed by atoms with Gasteiger partial charge in [-0.1, -0.05) is 53.5 Å². The quantitative estimate of drug-likeness (QED) is 0.197. The van der Waals surface area contributed by atoms with E-state index in [1.165, 1.54) is 4.90 Å². The maximum Gasteiger partial charge on any atom is 0.330 e. The summed E-state index contributed by atoms with van der Waals surface area (Å²) in [6.07, 6.45) is 0.140. The number of anilines is 1. The Morgan fingerprint density at radius 2 is 1.32 bits per heavy atom. The third kappa shape index (κ3) is 8.39. The van der Waals surface area contributed by atoms with E-state index in [0.29, 0.717) is 27.3 Å². The number of carbonyl (C=O) groups is 2. The number of ether oxygens (including phenoxy) is 3. The summed E-state index contributed by atoms with van der Waals surface area (Å²) in [6.45, 7) is 5.28. The first-order chi connectivity index (χ1) is 19.5. The molecule has 0 aliphatic heterocycles. The van der Waals surface area contributed by atoms with E-state index in [-0.39, 0.29) is 17.9 Å². The molecule has 41 heavy (non-hydrogen) atoms. The summed E-state index contributed by atoms with van der Waals surface area (Å²) < 4.78 is 17.9. The summed E-state index contributed by atoms with van der Waals surface area (Å²) in [6, 6.07) is 25.8. The number of urea groups is 1. The second-order valence-corrected chi connectivity index (χ2v) is 11.1. The van der Waals surface area contributed by atoms with Crippen molar-refractivity contribution in [2.75, 3.05) is 4.90 Å². The van der Waals surface area contributed by atoms with Crippen LogP contribution in [0.25, 0.3) is 0 Å². The molecule has 4 aromatic rings. The summed E-state index contributed by atoms with van der Waals surface area (Å²) in [5.74, 6) is 0.992. The molecule has 0 heterocycles. The molecule has 4 rings (SSSR count). The first-order valence-electron chi connectivity index (χ1n) is 12.8. The van der Waals surface area contributed by atoms with Crippen molar-refractivity contribution >= 4 is 40.9 Å². The van der Waals surface area contributed by atoms with Crippen LogP contribution < -0.4 is 20.1 Å². The second-order valence-electron chi connectivity index (χ2n) is 10.2. The van der Waals surface area contributed by atoms with Gasteiger partial charge in [-0.25, -0.2) is 9.59 Å². The standard InChI is InChI=1S/C32H30Cl2N2O5/c1-32(2,3)41-30(37)28(19-21-7-5-4-6-8-21)36(31(35)38)27-20-26(39-24-13-9-22(33)10-14-24)17-18-29(27)40-25-15-11-23(34)12-16-25/h4-18,20,28H,19H2,1-3H3,(H2,35,38)/t28-/m0/s1. The van der Waals surface area contributed by atoms with Gasteiger partial charge in [0.25, 0.3) is 0 Å². The molecule has 0 fully saturated rings. The van der Waals surface area contributed by atoms with E-state index in [9.17, 15) is 9.59 Å². The van der Waals surface area contributed by atoms with Gasteiger partial charge in [-0.15, -0.1) is 0 Å². The van der Waals surface area contributed by atoms with Crippen molar-refractivity contribution in [3.05, 3.63) is 113 Å². The summed E-state index contributed by atoms with van der Waals surface area (Å²) >= 11 is 12.1. The molecular weight excluding hydrogens is 563 g/mol. The van der Waals surface area contributed by atoms with Gasteiger partial charge in [-0.3, -0.25) is 4.90 Å². The lowest BCUT2D eigenvalue weighted by Gasteiger charge is -2.32. The number of nitrogens with two attached hydrogens (primary N) is 1. The molecule has 0 aliphatic rings. The van der Waals surface area contributed by atoms with E-state index >= 15 is 0 Å². The molecule has 0 radical (unpaired) electrons. The van der Waals surface area contributed by atoms with E-state index in [2.05, 4.69) is 0 Å². The Morgan fingerprint density at radius 1 is 0.780 bits per heavy atom. The van der Waals surface area contributed by atoms with E-state index in [4.69, 9.17) is 43.1 Å². The van der Waals surface area contributed by atoms with Crippen LogP contribution in [0.1, 0.15) is 26.3 Å². The summed E-state index contributed by atoms with van der Waals surface area (Å²) in [5, 5.41) is 1.10. The van der Waals surface area contributed by atoms with Crippen molar-refractivity contribution in [1.82, 2.24) is 0 Å². The van der Waals surface area contributed by atoms with Crippen molar-refractivity contribution in [1.29, 1.82) is 0 Å². The maximum atomic E-state index is 13.6. The predicted octanol–water partition coefficient (Wildman–Crippen LogP) is 8.42. The number of primary amides is 1. The van der Waals surface area contributed by atoms with E-state index < -0.39 is 23.6 Å². The molecule has 0 bridgehead atoms. The number of rotatable bonds is 9. The Hall–Kier alpha value is -4.20. The Bertz CT molecular complexity index is 1490. The topological polar surface area (TPSA) is 91.1 Å². The molecule has 0 spiro atoms. The predicted molar refractivity (Wildman–Crippen MR) is 161 cm³/mol. The molecule has 0 saturated heterocycles. The van der Waals surface area contributed by atoms with Gasteiger partial charge in [0, 0.05) is 22.5 Å². The van der Waals surface area contributed by atoms with Crippen molar-refractivity contribution < 1.29 is 23.8 Å². The van der Waals surface area contributed by atoms with Gasteiger partial charge in [-0.2, -0.15) is 0 Å². The van der Waals surface area contributed by atoms with Crippen molar-refractivity contribution in [2.24, 2.45) is 5.73 Å². The minimum absolute atomic E-state index is 0.140. The number of hydrogen-bond donors (Lipinski definition) is 1. The summed E-state index contributed by atoms with van der Waals surface area (Å²) in [5.41, 5.74) is 6.19. The van der Waals surface area contributed by atoms with Crippen LogP contribution in [0.3, 0.4) is 0 Å². The molecule has 0 aromatic heterocycles. The number of benzene rings is 4. The van der Waals surface area contributed by atoms with Crippen molar-refractivity contribution in [3.8, 4) is 23.0 Å². The van der Waals surface area contributed by atoms with Crippen LogP contribution in [0.2, 0.25) is 10.0 Å². The molecule has 0 saturated carbocycles. The van der Waals surface area contributed by atoms with Gasteiger partial charge < -0.3 is 19.9 Å². The van der Waals surface area contributed by atoms with E-state index in [1.54, 1.807) is 87.5 Å². The van der Waals surface area contributed by atoms with Gasteiger partial charge in [0.15, 0.2) is 5.75 Å². The first kappa shape index (κ1) is 29.8. The van der Waals surface area contributed by atoms with Crippen LogP contribution in [0.4, 0.5) is 10.5 Å². The number of halogens is 2. The number of amides is 2. The van der Waals surface area contributed by atoms with E-state index in [1.807, 2.05) is 30.3 Å². The molecule has 212 valence electrons. The highest BCUT2D eigenvalue weighted by Gasteiger charge is 2.36. The third-order valence-corrected chi connectivity index (χ3v) is 6.28. The van der Waals surface area contributed by atoms with Gasteiger partial charge in [-0.05, 0) is 87.0 Å². The van der Waals surface area contributed by atoms with Crippen molar-refractivity contribution in [3.63, 3.8) is 0 Å². The van der Waals surface area contributed by atoms with Gasteiger partial charge in [0.2, 0.25) is 0 Å². The highest BCUT2D eigenvalue weighted by Crippen LogP contribution is 2.39. The molecule has 2 amide bonds. The Morgan fingerprint density at radius 3 is 1.85 bits per heavy atom. The monoisotopic (exact) mass is 592 g/mol. The fourth-order valence-electron chi connectivity index (χ4n) is 4.03. The molecule has 2 N–H and O–H groups in total. The highest BCUT2D eigenvalue weighted by atomic mass is 35.5. The van der Waals surface area contributed by atoms with Crippen molar-refractivity contribution in [2.45, 2.75) is 38.8 Å². The molecule has 9 heteroatoms. The number of nitrogens with zero attached hydrogens (tertiary/aromatic N) is 1. The zero-order chi connectivity index (χ0) is 29.6. The lowest BCUT2D eigenvalue weighted by Crippen LogP contribution is -2.51. The lowest BCUT2D eigenvalue weighted by atomic mass is 10.0. The number of hydrogen-bond acceptors (Lipinski definition) is 5. The van der Waals surface area contributed by atoms with Crippen LogP contribution in [-0.4, -0.2) is 23.6 Å². The molecule has 0 aliphatic carbocycles. The Kier molecular flexibility index (Phi) is 9.42. The van der Waals surface area contributed by atoms with Gasteiger partial charge in [0.1, 0.15) is 28.9 Å². The van der Waals surface area contributed by atoms with Crippen LogP contribution in [-0.2, 0) is 16.0 Å². The fraction of sp³-hybridized carbons (Fsp3) is 0.188. The smallest absolute Gasteiger partial charge is 0.330 e. The van der Waals surface area contributed by atoms with Crippen LogP contribution in [0.15, 0.2) is 97.1 Å². The second kappa shape index (κ2) is 13.0. The molecule has 0 unspecified atom stereocenters. The Labute approximate surface area is 249 Å². The molecular formula is C32H30Cl2N2O5. The van der Waals surface area contributed by atoms with Crippen LogP contribution in [0.5, 0.6) is 23.0 Å². The lowest BCUT2D eigenvalue weighted by molar-refractivity contribution is -0.156.